The lowest BCUT2D eigenvalue weighted by atomic mass is 10.1. The van der Waals surface area contributed by atoms with Crippen LogP contribution in [0.2, 0.25) is 0 Å². The SMILES string of the molecule is CC(C)(C)OC(=O)NCCCC[C@H](NC(=O)OC(C)(C)C)C(=O)Nc1ccc(-c2ccc(OCC(O)C(=O)O)cc2)cn1. The Balaban J connectivity index is 1.98. The van der Waals surface area contributed by atoms with Gasteiger partial charge < -0.3 is 40.4 Å². The molecule has 0 spiro atoms. The highest BCUT2D eigenvalue weighted by molar-refractivity contribution is 5.96. The van der Waals surface area contributed by atoms with Crippen LogP contribution >= 0.6 is 0 Å². The van der Waals surface area contributed by atoms with Gasteiger partial charge in [0.1, 0.15) is 35.4 Å². The van der Waals surface area contributed by atoms with E-state index in [4.69, 9.17) is 19.3 Å². The number of carbonyl (C=O) groups excluding carboxylic acids is 3. The van der Waals surface area contributed by atoms with E-state index in [-0.39, 0.29) is 18.8 Å². The number of rotatable bonds is 13. The molecule has 0 fully saturated rings. The Bertz CT molecular complexity index is 1220. The molecule has 0 aliphatic carbocycles. The first-order valence-electron chi connectivity index (χ1n) is 13.9. The van der Waals surface area contributed by atoms with E-state index in [9.17, 15) is 24.3 Å². The molecule has 1 aromatic heterocycles. The van der Waals surface area contributed by atoms with Gasteiger partial charge in [-0.2, -0.15) is 0 Å². The number of aromatic nitrogens is 1. The number of benzene rings is 1. The van der Waals surface area contributed by atoms with Crippen molar-refractivity contribution in [1.82, 2.24) is 15.6 Å². The lowest BCUT2D eigenvalue weighted by Crippen LogP contribution is -2.46. The molecule has 13 nitrogen and oxygen atoms in total. The Kier molecular flexibility index (Phi) is 12.7. The van der Waals surface area contributed by atoms with Gasteiger partial charge in [-0.05, 0) is 90.6 Å². The van der Waals surface area contributed by atoms with Crippen LogP contribution < -0.4 is 20.7 Å². The average Bonchev–Trinajstić information content (AvgIpc) is 2.89. The van der Waals surface area contributed by atoms with Gasteiger partial charge in [-0.3, -0.25) is 4.79 Å². The van der Waals surface area contributed by atoms with Gasteiger partial charge in [0.25, 0.3) is 0 Å². The summed E-state index contributed by atoms with van der Waals surface area (Å²) in [5.74, 6) is -1.17. The number of aliphatic carboxylic acids is 1. The van der Waals surface area contributed by atoms with Crippen molar-refractivity contribution in [2.45, 2.75) is 84.2 Å². The molecule has 2 aromatic rings. The minimum atomic E-state index is -1.62. The molecular weight excluding hydrogens is 560 g/mol. The van der Waals surface area contributed by atoms with Gasteiger partial charge in [0.2, 0.25) is 5.91 Å². The second kappa shape index (κ2) is 15.7. The largest absolute Gasteiger partial charge is 0.490 e. The van der Waals surface area contributed by atoms with Crippen LogP contribution in [0.5, 0.6) is 5.75 Å². The van der Waals surface area contributed by atoms with E-state index in [1.807, 2.05) is 0 Å². The molecular formula is C30H42N4O9. The van der Waals surface area contributed by atoms with Crippen molar-refractivity contribution in [3.8, 4) is 16.9 Å². The molecule has 2 atom stereocenters. The molecule has 0 bridgehead atoms. The van der Waals surface area contributed by atoms with E-state index in [2.05, 4.69) is 20.9 Å². The summed E-state index contributed by atoms with van der Waals surface area (Å²) in [4.78, 5) is 52.4. The van der Waals surface area contributed by atoms with Crippen molar-refractivity contribution in [3.63, 3.8) is 0 Å². The Morgan fingerprint density at radius 3 is 2.02 bits per heavy atom. The van der Waals surface area contributed by atoms with Crippen molar-refractivity contribution in [1.29, 1.82) is 0 Å². The van der Waals surface area contributed by atoms with Crippen LogP contribution in [0.4, 0.5) is 15.4 Å². The second-order valence-corrected chi connectivity index (χ2v) is 11.7. The average molecular weight is 603 g/mol. The number of hydrogen-bond acceptors (Lipinski definition) is 9. The summed E-state index contributed by atoms with van der Waals surface area (Å²) in [7, 11) is 0. The molecule has 0 saturated heterocycles. The van der Waals surface area contributed by atoms with Crippen molar-refractivity contribution in [2.75, 3.05) is 18.5 Å². The number of aliphatic hydroxyl groups excluding tert-OH is 1. The maximum Gasteiger partial charge on any atom is 0.408 e. The summed E-state index contributed by atoms with van der Waals surface area (Å²) in [5.41, 5.74) is 0.188. The van der Waals surface area contributed by atoms with E-state index >= 15 is 0 Å². The third kappa shape index (κ3) is 13.9. The highest BCUT2D eigenvalue weighted by atomic mass is 16.6. The molecule has 0 saturated carbocycles. The zero-order chi connectivity index (χ0) is 32.2. The Labute approximate surface area is 251 Å². The third-order valence-corrected chi connectivity index (χ3v) is 5.49. The normalized spacial score (nSPS) is 12.8. The number of unbranched alkanes of at least 4 members (excludes halogenated alkanes) is 1. The highest BCUT2D eigenvalue weighted by Gasteiger charge is 2.25. The molecule has 1 unspecified atom stereocenters. The van der Waals surface area contributed by atoms with Crippen LogP contribution in [0, 0.1) is 0 Å². The minimum absolute atomic E-state index is 0.277. The first kappa shape index (κ1) is 34.8. The number of carbonyl (C=O) groups is 4. The van der Waals surface area contributed by atoms with Gasteiger partial charge in [0.05, 0.1) is 0 Å². The van der Waals surface area contributed by atoms with Gasteiger partial charge in [-0.1, -0.05) is 12.1 Å². The number of pyridine rings is 1. The predicted molar refractivity (Wildman–Crippen MR) is 159 cm³/mol. The van der Waals surface area contributed by atoms with Crippen molar-refractivity contribution >= 4 is 29.9 Å². The Hall–Kier alpha value is -4.39. The molecule has 1 aromatic carbocycles. The van der Waals surface area contributed by atoms with Crippen molar-refractivity contribution < 1.29 is 43.6 Å². The molecule has 236 valence electrons. The highest BCUT2D eigenvalue weighted by Crippen LogP contribution is 2.23. The molecule has 13 heteroatoms. The molecule has 0 aliphatic heterocycles. The summed E-state index contributed by atoms with van der Waals surface area (Å²) >= 11 is 0. The number of anilines is 1. The predicted octanol–water partition coefficient (Wildman–Crippen LogP) is 4.10. The van der Waals surface area contributed by atoms with Crippen LogP contribution in [-0.2, 0) is 19.1 Å². The third-order valence-electron chi connectivity index (χ3n) is 5.49. The number of alkyl carbamates (subject to hydrolysis) is 2. The molecule has 2 rings (SSSR count). The van der Waals surface area contributed by atoms with E-state index < -0.39 is 47.4 Å². The minimum Gasteiger partial charge on any atom is -0.490 e. The number of amides is 3. The second-order valence-electron chi connectivity index (χ2n) is 11.7. The van der Waals surface area contributed by atoms with Crippen LogP contribution in [0.15, 0.2) is 42.6 Å². The van der Waals surface area contributed by atoms with E-state index in [1.165, 1.54) is 0 Å². The van der Waals surface area contributed by atoms with Crippen LogP contribution in [-0.4, -0.2) is 75.8 Å². The summed E-state index contributed by atoms with van der Waals surface area (Å²) < 4.78 is 15.8. The first-order valence-corrected chi connectivity index (χ1v) is 13.9. The smallest absolute Gasteiger partial charge is 0.408 e. The number of ether oxygens (including phenoxy) is 3. The van der Waals surface area contributed by atoms with Crippen molar-refractivity contribution in [2.24, 2.45) is 0 Å². The number of carboxylic acids is 1. The number of carboxylic acid groups (broad SMARTS) is 1. The summed E-state index contributed by atoms with van der Waals surface area (Å²) in [6.07, 6.45) is 0.0542. The van der Waals surface area contributed by atoms with Crippen LogP contribution in [0.25, 0.3) is 11.1 Å². The number of nitrogens with zero attached hydrogens (tertiary/aromatic N) is 1. The summed E-state index contributed by atoms with van der Waals surface area (Å²) in [6, 6.07) is 9.23. The van der Waals surface area contributed by atoms with Gasteiger partial charge in [0, 0.05) is 18.3 Å². The topological polar surface area (TPSA) is 185 Å². The van der Waals surface area contributed by atoms with Crippen LogP contribution in [0.1, 0.15) is 60.8 Å². The first-order chi connectivity index (χ1) is 20.0. The zero-order valence-corrected chi connectivity index (χ0v) is 25.4. The quantitative estimate of drug-likeness (QED) is 0.209. The fourth-order valence-corrected chi connectivity index (χ4v) is 3.54. The van der Waals surface area contributed by atoms with Crippen molar-refractivity contribution in [3.05, 3.63) is 42.6 Å². The molecule has 1 heterocycles. The molecule has 43 heavy (non-hydrogen) atoms. The summed E-state index contributed by atoms with van der Waals surface area (Å²) in [5, 5.41) is 26.1. The lowest BCUT2D eigenvalue weighted by Gasteiger charge is -2.23. The number of nitrogens with one attached hydrogen (secondary N) is 3. The van der Waals surface area contributed by atoms with Gasteiger partial charge in [-0.25, -0.2) is 19.4 Å². The molecule has 0 aliphatic rings. The Morgan fingerprint density at radius 2 is 1.47 bits per heavy atom. The number of aliphatic hydroxyl groups is 1. The molecule has 5 N–H and O–H groups in total. The van der Waals surface area contributed by atoms with E-state index in [0.29, 0.717) is 25.1 Å². The van der Waals surface area contributed by atoms with E-state index in [1.54, 1.807) is 84.1 Å². The lowest BCUT2D eigenvalue weighted by molar-refractivity contribution is -0.148. The zero-order valence-electron chi connectivity index (χ0n) is 25.4. The fourth-order valence-electron chi connectivity index (χ4n) is 3.54. The maximum atomic E-state index is 13.1. The van der Waals surface area contributed by atoms with E-state index in [0.717, 1.165) is 11.1 Å². The maximum absolute atomic E-state index is 13.1. The summed E-state index contributed by atoms with van der Waals surface area (Å²) in [6.45, 7) is 10.5. The fraction of sp³-hybridized carbons (Fsp3) is 0.500. The standard InChI is InChI=1S/C30H42N4O9/c1-29(2,3)42-27(39)31-16-8-7-9-22(33-28(40)43-30(4,5)6)25(36)34-24-15-12-20(17-32-24)19-10-13-21(14-11-19)41-18-23(35)26(37)38/h10-15,17,22-23,35H,7-9,16,18H2,1-6H3,(H,31,39)(H,33,40)(H,37,38)(H,32,34,36)/t22-,23?/m0/s1. The van der Waals surface area contributed by atoms with Gasteiger partial charge in [0.15, 0.2) is 6.10 Å². The Morgan fingerprint density at radius 1 is 0.860 bits per heavy atom. The molecule has 0 radical (unpaired) electrons. The monoisotopic (exact) mass is 602 g/mol. The van der Waals surface area contributed by atoms with Gasteiger partial charge >= 0.3 is 18.2 Å². The molecule has 3 amide bonds. The van der Waals surface area contributed by atoms with Crippen LogP contribution in [0.3, 0.4) is 0 Å². The number of hydrogen-bond donors (Lipinski definition) is 5. The van der Waals surface area contributed by atoms with Gasteiger partial charge in [-0.15, -0.1) is 0 Å².